The Morgan fingerprint density at radius 1 is 1.32 bits per heavy atom. The van der Waals surface area contributed by atoms with E-state index in [4.69, 9.17) is 4.74 Å². The maximum Gasteiger partial charge on any atom is 0.257 e. The van der Waals surface area contributed by atoms with Gasteiger partial charge >= 0.3 is 0 Å². The highest BCUT2D eigenvalue weighted by atomic mass is 16.5. The summed E-state index contributed by atoms with van der Waals surface area (Å²) >= 11 is 0. The third kappa shape index (κ3) is 4.91. The molecular formula is C17H23N3O2. The SMILES string of the molecule is Cc1cc(C)n(CC(C)CNC(=O)COc2ccccc2)n1. The lowest BCUT2D eigenvalue weighted by molar-refractivity contribution is -0.123. The number of hydrogen-bond acceptors (Lipinski definition) is 3. The molecule has 22 heavy (non-hydrogen) atoms. The number of aromatic nitrogens is 2. The molecule has 0 aliphatic carbocycles. The zero-order valence-electron chi connectivity index (χ0n) is 13.4. The van der Waals surface area contributed by atoms with Crippen molar-refractivity contribution < 1.29 is 9.53 Å². The van der Waals surface area contributed by atoms with Crippen molar-refractivity contribution >= 4 is 5.91 Å². The first kappa shape index (κ1) is 16.1. The summed E-state index contributed by atoms with van der Waals surface area (Å²) in [5.74, 6) is 0.899. The Kier molecular flexibility index (Phi) is 5.58. The number of carbonyl (C=O) groups excluding carboxylic acids is 1. The van der Waals surface area contributed by atoms with Crippen LogP contribution in [-0.2, 0) is 11.3 Å². The summed E-state index contributed by atoms with van der Waals surface area (Å²) in [6.45, 7) is 7.55. The van der Waals surface area contributed by atoms with Crippen LogP contribution in [0.1, 0.15) is 18.3 Å². The summed E-state index contributed by atoms with van der Waals surface area (Å²) in [4.78, 5) is 11.8. The molecule has 1 unspecified atom stereocenters. The van der Waals surface area contributed by atoms with E-state index in [1.165, 1.54) is 0 Å². The van der Waals surface area contributed by atoms with Gasteiger partial charge in [0.05, 0.1) is 5.69 Å². The summed E-state index contributed by atoms with van der Waals surface area (Å²) in [5, 5.41) is 7.33. The van der Waals surface area contributed by atoms with Gasteiger partial charge in [-0.05, 0) is 38.0 Å². The van der Waals surface area contributed by atoms with Crippen LogP contribution in [0.5, 0.6) is 5.75 Å². The molecule has 0 spiro atoms. The number of ether oxygens (including phenoxy) is 1. The van der Waals surface area contributed by atoms with Crippen LogP contribution >= 0.6 is 0 Å². The molecule has 2 rings (SSSR count). The van der Waals surface area contributed by atoms with Gasteiger partial charge in [0, 0.05) is 18.8 Å². The lowest BCUT2D eigenvalue weighted by Crippen LogP contribution is -2.33. The second-order valence-corrected chi connectivity index (χ2v) is 5.62. The number of rotatable bonds is 7. The van der Waals surface area contributed by atoms with E-state index in [0.29, 0.717) is 18.2 Å². The Morgan fingerprint density at radius 2 is 2.05 bits per heavy atom. The van der Waals surface area contributed by atoms with Gasteiger partial charge in [-0.3, -0.25) is 9.48 Å². The third-order valence-electron chi connectivity index (χ3n) is 3.35. The number of carbonyl (C=O) groups is 1. The third-order valence-corrected chi connectivity index (χ3v) is 3.35. The zero-order valence-corrected chi connectivity index (χ0v) is 13.4. The van der Waals surface area contributed by atoms with E-state index in [-0.39, 0.29) is 12.5 Å². The number of hydrogen-bond donors (Lipinski definition) is 1. The van der Waals surface area contributed by atoms with Crippen molar-refractivity contribution in [2.45, 2.75) is 27.3 Å². The number of nitrogens with zero attached hydrogens (tertiary/aromatic N) is 2. The summed E-state index contributed by atoms with van der Waals surface area (Å²) in [6, 6.07) is 11.4. The maximum absolute atomic E-state index is 11.8. The van der Waals surface area contributed by atoms with E-state index < -0.39 is 0 Å². The molecule has 5 nitrogen and oxygen atoms in total. The summed E-state index contributed by atoms with van der Waals surface area (Å²) in [7, 11) is 0. The van der Waals surface area contributed by atoms with Gasteiger partial charge in [-0.15, -0.1) is 0 Å². The Hall–Kier alpha value is -2.30. The molecule has 1 heterocycles. The first-order valence-electron chi connectivity index (χ1n) is 7.50. The molecule has 0 aliphatic rings. The standard InChI is InChI=1S/C17H23N3O2/c1-13(11-20-15(3)9-14(2)19-20)10-18-17(21)12-22-16-7-5-4-6-8-16/h4-9,13H,10-12H2,1-3H3,(H,18,21). The average Bonchev–Trinajstić information content (AvgIpc) is 2.82. The highest BCUT2D eigenvalue weighted by Crippen LogP contribution is 2.08. The number of nitrogens with one attached hydrogen (secondary N) is 1. The van der Waals surface area contributed by atoms with Crippen molar-refractivity contribution in [2.75, 3.05) is 13.2 Å². The molecule has 5 heteroatoms. The quantitative estimate of drug-likeness (QED) is 0.854. The number of amides is 1. The molecule has 0 saturated carbocycles. The molecule has 0 bridgehead atoms. The van der Waals surface area contributed by atoms with Crippen LogP contribution in [0.25, 0.3) is 0 Å². The van der Waals surface area contributed by atoms with Crippen LogP contribution in [0, 0.1) is 19.8 Å². The molecular weight excluding hydrogens is 278 g/mol. The van der Waals surface area contributed by atoms with Gasteiger partial charge < -0.3 is 10.1 Å². The number of benzene rings is 1. The highest BCUT2D eigenvalue weighted by molar-refractivity contribution is 5.77. The van der Waals surface area contributed by atoms with Crippen molar-refractivity contribution in [3.63, 3.8) is 0 Å². The molecule has 2 aromatic rings. The first-order valence-corrected chi connectivity index (χ1v) is 7.50. The Bertz CT molecular complexity index is 608. The monoisotopic (exact) mass is 301 g/mol. The minimum atomic E-state index is -0.107. The molecule has 0 radical (unpaired) electrons. The van der Waals surface area contributed by atoms with E-state index in [1.54, 1.807) is 0 Å². The van der Waals surface area contributed by atoms with Gasteiger partial charge in [-0.25, -0.2) is 0 Å². The fourth-order valence-electron chi connectivity index (χ4n) is 2.22. The molecule has 1 N–H and O–H groups in total. The number of para-hydroxylation sites is 1. The van der Waals surface area contributed by atoms with Crippen LogP contribution in [0.3, 0.4) is 0 Å². The molecule has 1 aromatic carbocycles. The summed E-state index contributed by atoms with van der Waals surface area (Å²) in [5.41, 5.74) is 2.16. The second kappa shape index (κ2) is 7.64. The van der Waals surface area contributed by atoms with Crippen LogP contribution in [0.15, 0.2) is 36.4 Å². The van der Waals surface area contributed by atoms with Crippen molar-refractivity contribution in [1.29, 1.82) is 0 Å². The lowest BCUT2D eigenvalue weighted by Gasteiger charge is -2.14. The summed E-state index contributed by atoms with van der Waals surface area (Å²) < 4.78 is 7.39. The topological polar surface area (TPSA) is 56.2 Å². The van der Waals surface area contributed by atoms with Gasteiger partial charge in [0.25, 0.3) is 5.91 Å². The molecule has 1 atom stereocenters. The Morgan fingerprint density at radius 3 is 2.68 bits per heavy atom. The maximum atomic E-state index is 11.8. The van der Waals surface area contributed by atoms with Crippen LogP contribution in [0.4, 0.5) is 0 Å². The fraction of sp³-hybridized carbons (Fsp3) is 0.412. The van der Waals surface area contributed by atoms with E-state index in [9.17, 15) is 4.79 Å². The van der Waals surface area contributed by atoms with E-state index in [1.807, 2.05) is 48.9 Å². The van der Waals surface area contributed by atoms with Crippen LogP contribution in [0.2, 0.25) is 0 Å². The van der Waals surface area contributed by atoms with Gasteiger partial charge in [0.15, 0.2) is 6.61 Å². The fourth-order valence-corrected chi connectivity index (χ4v) is 2.22. The largest absolute Gasteiger partial charge is 0.484 e. The van der Waals surface area contributed by atoms with Crippen molar-refractivity contribution in [3.8, 4) is 5.75 Å². The molecule has 1 aromatic heterocycles. The summed E-state index contributed by atoms with van der Waals surface area (Å²) in [6.07, 6.45) is 0. The second-order valence-electron chi connectivity index (χ2n) is 5.62. The van der Waals surface area contributed by atoms with Crippen molar-refractivity contribution in [2.24, 2.45) is 5.92 Å². The van der Waals surface area contributed by atoms with E-state index >= 15 is 0 Å². The zero-order chi connectivity index (χ0) is 15.9. The van der Waals surface area contributed by atoms with Gasteiger partial charge in [-0.2, -0.15) is 5.10 Å². The minimum absolute atomic E-state index is 0.0383. The average molecular weight is 301 g/mol. The van der Waals surface area contributed by atoms with Crippen molar-refractivity contribution in [3.05, 3.63) is 47.8 Å². The Labute approximate surface area is 131 Å². The highest BCUT2D eigenvalue weighted by Gasteiger charge is 2.09. The molecule has 118 valence electrons. The smallest absolute Gasteiger partial charge is 0.257 e. The predicted molar refractivity (Wildman–Crippen MR) is 85.8 cm³/mol. The molecule has 1 amide bonds. The predicted octanol–water partition coefficient (Wildman–Crippen LogP) is 2.33. The minimum Gasteiger partial charge on any atom is -0.484 e. The number of aryl methyl sites for hydroxylation is 2. The van der Waals surface area contributed by atoms with Crippen molar-refractivity contribution in [1.82, 2.24) is 15.1 Å². The molecule has 0 aliphatic heterocycles. The van der Waals surface area contributed by atoms with E-state index in [2.05, 4.69) is 23.4 Å². The van der Waals surface area contributed by atoms with Gasteiger partial charge in [0.1, 0.15) is 5.75 Å². The Balaban J connectivity index is 1.70. The molecule has 0 fully saturated rings. The van der Waals surface area contributed by atoms with Crippen LogP contribution < -0.4 is 10.1 Å². The van der Waals surface area contributed by atoms with Gasteiger partial charge in [-0.1, -0.05) is 25.1 Å². The van der Waals surface area contributed by atoms with Crippen LogP contribution in [-0.4, -0.2) is 28.8 Å². The first-order chi connectivity index (χ1) is 10.5. The lowest BCUT2D eigenvalue weighted by atomic mass is 10.2. The molecule has 0 saturated heterocycles. The van der Waals surface area contributed by atoms with Gasteiger partial charge in [0.2, 0.25) is 0 Å². The normalized spacial score (nSPS) is 12.0. The van der Waals surface area contributed by atoms with E-state index in [0.717, 1.165) is 17.9 Å².